The molecule has 8 heteroatoms. The molecule has 0 radical (unpaired) electrons. The van der Waals surface area contributed by atoms with Gasteiger partial charge in [-0.05, 0) is 19.8 Å². The van der Waals surface area contributed by atoms with Crippen LogP contribution >= 0.6 is 0 Å². The maximum atomic E-state index is 10.6. The Kier molecular flexibility index (Phi) is 4.20. The van der Waals surface area contributed by atoms with E-state index >= 15 is 0 Å². The van der Waals surface area contributed by atoms with E-state index in [0.29, 0.717) is 6.10 Å². The van der Waals surface area contributed by atoms with Crippen LogP contribution in [-0.2, 0) is 11.8 Å². The summed E-state index contributed by atoms with van der Waals surface area (Å²) >= 11 is 0. The van der Waals surface area contributed by atoms with Gasteiger partial charge in [-0.25, -0.2) is 4.79 Å². The van der Waals surface area contributed by atoms with Gasteiger partial charge in [-0.1, -0.05) is 0 Å². The van der Waals surface area contributed by atoms with E-state index in [0.717, 1.165) is 11.6 Å². The molecule has 0 aromatic carbocycles. The maximum absolute atomic E-state index is 10.6. The average molecular weight is 266 g/mol. The molecule has 1 heterocycles. The minimum absolute atomic E-state index is 0.448. The van der Waals surface area contributed by atoms with E-state index in [1.54, 1.807) is 0 Å². The molecule has 102 valence electrons. The van der Waals surface area contributed by atoms with E-state index in [-0.39, 0.29) is 0 Å². The molecule has 0 saturated heterocycles. The quantitative estimate of drug-likeness (QED) is 0.888. The lowest BCUT2D eigenvalue weighted by Crippen LogP contribution is -2.21. The third kappa shape index (κ3) is 4.64. The van der Waals surface area contributed by atoms with E-state index in [9.17, 15) is 13.2 Å². The summed E-state index contributed by atoms with van der Waals surface area (Å²) in [5.74, 6) is -1.99. The van der Waals surface area contributed by atoms with Crippen molar-refractivity contribution in [2.45, 2.75) is 32.0 Å². The van der Waals surface area contributed by atoms with Crippen LogP contribution < -0.4 is 4.74 Å². The zero-order chi connectivity index (χ0) is 13.9. The van der Waals surface area contributed by atoms with Gasteiger partial charge in [-0.2, -0.15) is 13.2 Å². The number of carboxylic acid groups (broad SMARTS) is 1. The summed E-state index contributed by atoms with van der Waals surface area (Å²) in [5.41, 5.74) is 1.14. The second kappa shape index (κ2) is 5.28. The lowest BCUT2D eigenvalue weighted by molar-refractivity contribution is -0.192. The van der Waals surface area contributed by atoms with Crippen molar-refractivity contribution in [2.75, 3.05) is 0 Å². The fourth-order valence-corrected chi connectivity index (χ4v) is 0.942. The summed E-state index contributed by atoms with van der Waals surface area (Å²) in [7, 11) is 1.93. The topological polar surface area (TPSA) is 64.4 Å². The van der Waals surface area contributed by atoms with E-state index in [2.05, 4.69) is 5.10 Å². The lowest BCUT2D eigenvalue weighted by atomic mass is 10.5. The number of carbonyl (C=O) groups is 1. The van der Waals surface area contributed by atoms with Gasteiger partial charge in [-0.15, -0.1) is 5.10 Å². The number of hydrogen-bond donors (Lipinski definition) is 1. The van der Waals surface area contributed by atoms with Crippen molar-refractivity contribution >= 4 is 5.97 Å². The maximum Gasteiger partial charge on any atom is 0.490 e. The summed E-state index contributed by atoms with van der Waals surface area (Å²) < 4.78 is 39.1. The Morgan fingerprint density at radius 3 is 2.33 bits per heavy atom. The van der Waals surface area contributed by atoms with Crippen molar-refractivity contribution in [3.05, 3.63) is 11.8 Å². The van der Waals surface area contributed by atoms with Gasteiger partial charge in [0.1, 0.15) is 6.10 Å². The van der Waals surface area contributed by atoms with Gasteiger partial charge in [0.25, 0.3) is 0 Å². The molecule has 0 bridgehead atoms. The molecule has 1 aromatic heterocycles. The number of aryl methyl sites for hydroxylation is 2. The number of ether oxygens (including phenoxy) is 1. The van der Waals surface area contributed by atoms with Crippen molar-refractivity contribution in [3.63, 3.8) is 0 Å². The molecule has 0 aliphatic heterocycles. The van der Waals surface area contributed by atoms with Crippen LogP contribution in [0.5, 0.6) is 5.88 Å². The zero-order valence-electron chi connectivity index (χ0n) is 9.86. The van der Waals surface area contributed by atoms with Crippen molar-refractivity contribution < 1.29 is 27.8 Å². The van der Waals surface area contributed by atoms with Crippen LogP contribution in [0, 0.1) is 6.92 Å². The first-order valence-corrected chi connectivity index (χ1v) is 5.17. The van der Waals surface area contributed by atoms with Crippen molar-refractivity contribution in [1.82, 2.24) is 9.78 Å². The van der Waals surface area contributed by atoms with Gasteiger partial charge in [0, 0.05) is 18.8 Å². The van der Waals surface area contributed by atoms with Gasteiger partial charge in [-0.3, -0.25) is 4.68 Å². The molecule has 1 fully saturated rings. The minimum Gasteiger partial charge on any atom is -0.475 e. The Morgan fingerprint density at radius 1 is 1.56 bits per heavy atom. The highest BCUT2D eigenvalue weighted by molar-refractivity contribution is 5.73. The number of halogens is 3. The average Bonchev–Trinajstić information content (AvgIpc) is 2.94. The van der Waals surface area contributed by atoms with E-state index in [4.69, 9.17) is 14.6 Å². The van der Waals surface area contributed by atoms with E-state index < -0.39 is 12.1 Å². The van der Waals surface area contributed by atoms with Crippen LogP contribution in [-0.4, -0.2) is 33.1 Å². The van der Waals surface area contributed by atoms with Crippen LogP contribution in [0.2, 0.25) is 0 Å². The third-order valence-electron chi connectivity index (χ3n) is 2.15. The number of rotatable bonds is 2. The third-order valence-corrected chi connectivity index (χ3v) is 2.15. The normalized spacial score (nSPS) is 14.7. The standard InChI is InChI=1S/C8H12N2O.C2HF3O2/c1-6-5-8(9-10(6)2)11-7-3-4-7;3-2(4,5)1(6)7/h5,7H,3-4H2,1-2H3;(H,6,7). The molecule has 0 amide bonds. The summed E-state index contributed by atoms with van der Waals surface area (Å²) in [6.45, 7) is 2.02. The first kappa shape index (κ1) is 14.3. The zero-order valence-corrected chi connectivity index (χ0v) is 9.86. The molecular weight excluding hydrogens is 253 g/mol. The SMILES string of the molecule is Cc1cc(OC2CC2)nn1C.O=C(O)C(F)(F)F. The van der Waals surface area contributed by atoms with Crippen LogP contribution in [0.1, 0.15) is 18.5 Å². The monoisotopic (exact) mass is 266 g/mol. The molecule has 1 aliphatic rings. The smallest absolute Gasteiger partial charge is 0.475 e. The number of aliphatic carboxylic acids is 1. The van der Waals surface area contributed by atoms with Crippen LogP contribution in [0.4, 0.5) is 13.2 Å². The summed E-state index contributed by atoms with van der Waals surface area (Å²) in [5, 5.41) is 11.3. The van der Waals surface area contributed by atoms with Gasteiger partial charge in [0.15, 0.2) is 0 Å². The fourth-order valence-electron chi connectivity index (χ4n) is 0.942. The van der Waals surface area contributed by atoms with Gasteiger partial charge in [0.05, 0.1) is 0 Å². The van der Waals surface area contributed by atoms with Crippen molar-refractivity contribution in [1.29, 1.82) is 0 Å². The molecule has 1 aliphatic carbocycles. The first-order chi connectivity index (χ1) is 8.20. The number of aromatic nitrogens is 2. The predicted octanol–water partition coefficient (Wildman–Crippen LogP) is 1.90. The van der Waals surface area contributed by atoms with Crippen LogP contribution in [0.3, 0.4) is 0 Å². The van der Waals surface area contributed by atoms with Gasteiger partial charge >= 0.3 is 12.1 Å². The van der Waals surface area contributed by atoms with Gasteiger partial charge in [0.2, 0.25) is 5.88 Å². The second-order valence-electron chi connectivity index (χ2n) is 3.87. The lowest BCUT2D eigenvalue weighted by Gasteiger charge is -1.96. The molecule has 18 heavy (non-hydrogen) atoms. The van der Waals surface area contributed by atoms with Crippen molar-refractivity contribution in [2.24, 2.45) is 7.05 Å². The molecule has 0 spiro atoms. The summed E-state index contributed by atoms with van der Waals surface area (Å²) in [6.07, 6.45) is -2.25. The highest BCUT2D eigenvalue weighted by Crippen LogP contribution is 2.25. The van der Waals surface area contributed by atoms with Crippen LogP contribution in [0.25, 0.3) is 0 Å². The molecule has 5 nitrogen and oxygen atoms in total. The number of carboxylic acids is 1. The molecular formula is C10H13F3N2O3. The van der Waals surface area contributed by atoms with Crippen LogP contribution in [0.15, 0.2) is 6.07 Å². The number of alkyl halides is 3. The molecule has 0 atom stereocenters. The Morgan fingerprint density at radius 2 is 2.06 bits per heavy atom. The Hall–Kier alpha value is -1.73. The minimum atomic E-state index is -5.08. The predicted molar refractivity (Wildman–Crippen MR) is 55.3 cm³/mol. The summed E-state index contributed by atoms with van der Waals surface area (Å²) in [4.78, 5) is 8.90. The van der Waals surface area contributed by atoms with Crippen molar-refractivity contribution in [3.8, 4) is 5.88 Å². The molecule has 2 rings (SSSR count). The highest BCUT2D eigenvalue weighted by atomic mass is 19.4. The fraction of sp³-hybridized carbons (Fsp3) is 0.600. The molecule has 0 unspecified atom stereocenters. The van der Waals surface area contributed by atoms with E-state index in [1.807, 2.05) is 24.7 Å². The second-order valence-corrected chi connectivity index (χ2v) is 3.87. The largest absolute Gasteiger partial charge is 0.490 e. The summed E-state index contributed by atoms with van der Waals surface area (Å²) in [6, 6.07) is 1.97. The van der Waals surface area contributed by atoms with Gasteiger partial charge < -0.3 is 9.84 Å². The van der Waals surface area contributed by atoms with E-state index in [1.165, 1.54) is 12.8 Å². The molecule has 1 saturated carbocycles. The highest BCUT2D eigenvalue weighted by Gasteiger charge is 2.38. The molecule has 1 N–H and O–H groups in total. The number of hydrogen-bond acceptors (Lipinski definition) is 3. The molecule has 1 aromatic rings. The Balaban J connectivity index is 0.000000203. The number of nitrogens with zero attached hydrogens (tertiary/aromatic N) is 2. The first-order valence-electron chi connectivity index (χ1n) is 5.17. The Labute approximate surface area is 101 Å². The Bertz CT molecular complexity index is 405.